The van der Waals surface area contributed by atoms with Gasteiger partial charge in [-0.1, -0.05) is 6.07 Å². The molecule has 1 aromatic rings. The predicted octanol–water partition coefficient (Wildman–Crippen LogP) is 1.48. The average Bonchev–Trinajstić information content (AvgIpc) is 2.36. The molecule has 0 spiro atoms. The maximum absolute atomic E-state index is 11.9. The number of aromatic hydroxyl groups is 1. The minimum Gasteiger partial charge on any atom is -0.507 e. The molecule has 1 aromatic carbocycles. The number of carbonyl (C=O) groups excluding carboxylic acids is 3. The first-order valence-electron chi connectivity index (χ1n) is 6.82. The van der Waals surface area contributed by atoms with E-state index in [1.807, 2.05) is 0 Å². The number of nitrogens with one attached hydrogen (secondary N) is 2. The first-order valence-corrected chi connectivity index (χ1v) is 6.82. The second-order valence-corrected chi connectivity index (χ2v) is 5.19. The summed E-state index contributed by atoms with van der Waals surface area (Å²) in [4.78, 5) is 35.0. The Kier molecular flexibility index (Phi) is 5.91. The van der Waals surface area contributed by atoms with Crippen molar-refractivity contribution < 1.29 is 24.2 Å². The minimum absolute atomic E-state index is 0.0446. The van der Waals surface area contributed by atoms with Gasteiger partial charge in [0.25, 0.3) is 5.91 Å². The smallest absolute Gasteiger partial charge is 0.342 e. The van der Waals surface area contributed by atoms with E-state index in [0.29, 0.717) is 0 Å². The van der Waals surface area contributed by atoms with Crippen LogP contribution in [0.1, 0.15) is 36.7 Å². The van der Waals surface area contributed by atoms with Crippen molar-refractivity contribution in [3.63, 3.8) is 0 Å². The van der Waals surface area contributed by atoms with Crippen LogP contribution in [0.25, 0.3) is 0 Å². The molecule has 0 aliphatic rings. The summed E-state index contributed by atoms with van der Waals surface area (Å²) < 4.78 is 4.93. The highest BCUT2D eigenvalue weighted by Crippen LogP contribution is 2.19. The summed E-state index contributed by atoms with van der Waals surface area (Å²) >= 11 is 0. The zero-order valence-electron chi connectivity index (χ0n) is 13.0. The molecule has 0 unspecified atom stereocenters. The molecule has 0 radical (unpaired) electrons. The third kappa shape index (κ3) is 5.08. The third-order valence-corrected chi connectivity index (χ3v) is 2.68. The maximum atomic E-state index is 11.9. The molecule has 7 heteroatoms. The summed E-state index contributed by atoms with van der Waals surface area (Å²) in [6, 6.07) is 3.66. The summed E-state index contributed by atoms with van der Waals surface area (Å²) in [7, 11) is 0. The molecule has 3 N–H and O–H groups in total. The number of phenolic OH excluding ortho intramolecular Hbond substituents is 1. The topological polar surface area (TPSA) is 105 Å². The van der Waals surface area contributed by atoms with Gasteiger partial charge in [0.05, 0.1) is 0 Å². The Labute approximate surface area is 128 Å². The second-order valence-electron chi connectivity index (χ2n) is 5.19. The molecule has 7 nitrogen and oxygen atoms in total. The van der Waals surface area contributed by atoms with E-state index in [-0.39, 0.29) is 17.4 Å². The van der Waals surface area contributed by atoms with E-state index in [9.17, 15) is 19.5 Å². The fourth-order valence-corrected chi connectivity index (χ4v) is 1.60. The fourth-order valence-electron chi connectivity index (χ4n) is 1.60. The molecule has 0 heterocycles. The summed E-state index contributed by atoms with van der Waals surface area (Å²) in [5.74, 6) is -1.82. The molecule has 0 aliphatic carbocycles. The van der Waals surface area contributed by atoms with Gasteiger partial charge in [-0.05, 0) is 45.4 Å². The molecule has 0 saturated carbocycles. The van der Waals surface area contributed by atoms with Gasteiger partial charge in [0.2, 0.25) is 0 Å². The van der Waals surface area contributed by atoms with Crippen molar-refractivity contribution in [2.45, 2.75) is 39.8 Å². The number of amides is 3. The average molecular weight is 308 g/mol. The summed E-state index contributed by atoms with van der Waals surface area (Å²) in [6.07, 6.45) is -1.17. The normalized spacial score (nSPS) is 11.7. The molecule has 0 saturated heterocycles. The second kappa shape index (κ2) is 7.44. The Balaban J connectivity index is 2.63. The maximum Gasteiger partial charge on any atom is 0.342 e. The van der Waals surface area contributed by atoms with Crippen LogP contribution in [0.4, 0.5) is 4.79 Å². The molecule has 3 amide bonds. The van der Waals surface area contributed by atoms with Crippen molar-refractivity contribution in [2.24, 2.45) is 0 Å². The first kappa shape index (κ1) is 17.5. The van der Waals surface area contributed by atoms with E-state index >= 15 is 0 Å². The Morgan fingerprint density at radius 3 is 2.36 bits per heavy atom. The molecule has 0 aromatic heterocycles. The highest BCUT2D eigenvalue weighted by Gasteiger charge is 2.22. The predicted molar refractivity (Wildman–Crippen MR) is 79.5 cm³/mol. The van der Waals surface area contributed by atoms with Crippen molar-refractivity contribution in [1.82, 2.24) is 10.6 Å². The Morgan fingerprint density at radius 2 is 1.82 bits per heavy atom. The first-order chi connectivity index (χ1) is 10.2. The van der Waals surface area contributed by atoms with Crippen molar-refractivity contribution in [3.05, 3.63) is 29.3 Å². The van der Waals surface area contributed by atoms with Crippen molar-refractivity contribution >= 4 is 17.9 Å². The number of carbonyl (C=O) groups is 3. The Bertz CT molecular complexity index is 583. The SMILES string of the molecule is Cc1ccc(C(=O)O[C@@H](C)C(=O)NC(=O)NC(C)C)c(O)c1. The number of imide groups is 1. The van der Waals surface area contributed by atoms with Crippen molar-refractivity contribution in [1.29, 1.82) is 0 Å². The molecule has 0 bridgehead atoms. The molecule has 120 valence electrons. The molecular weight excluding hydrogens is 288 g/mol. The standard InChI is InChI=1S/C15H20N2O5/c1-8(2)16-15(21)17-13(19)10(4)22-14(20)11-6-5-9(3)7-12(11)18/h5-8,10,18H,1-4H3,(H2,16,17,19,21)/t10-/m0/s1. The monoisotopic (exact) mass is 308 g/mol. The lowest BCUT2D eigenvalue weighted by Gasteiger charge is -2.14. The van der Waals surface area contributed by atoms with Gasteiger partial charge in [0.1, 0.15) is 11.3 Å². The zero-order chi connectivity index (χ0) is 16.9. The Hall–Kier alpha value is -2.57. The van der Waals surface area contributed by atoms with Crippen LogP contribution in [0.3, 0.4) is 0 Å². The van der Waals surface area contributed by atoms with Crippen molar-refractivity contribution in [2.75, 3.05) is 0 Å². The number of hydrogen-bond acceptors (Lipinski definition) is 5. The number of phenols is 1. The van der Waals surface area contributed by atoms with Gasteiger partial charge >= 0.3 is 12.0 Å². The number of benzene rings is 1. The lowest BCUT2D eigenvalue weighted by Crippen LogP contribution is -2.46. The fraction of sp³-hybridized carbons (Fsp3) is 0.400. The lowest BCUT2D eigenvalue weighted by molar-refractivity contribution is -0.127. The summed E-state index contributed by atoms with van der Waals surface area (Å²) in [5.41, 5.74) is 0.738. The van der Waals surface area contributed by atoms with Gasteiger partial charge in [0.15, 0.2) is 6.10 Å². The minimum atomic E-state index is -1.17. The van der Waals surface area contributed by atoms with Gasteiger partial charge in [0, 0.05) is 6.04 Å². The van der Waals surface area contributed by atoms with E-state index in [1.165, 1.54) is 19.1 Å². The summed E-state index contributed by atoms with van der Waals surface area (Å²) in [5, 5.41) is 14.2. The van der Waals surface area contributed by atoms with Crippen LogP contribution in [0, 0.1) is 6.92 Å². The van der Waals surface area contributed by atoms with Gasteiger partial charge in [-0.3, -0.25) is 10.1 Å². The van der Waals surface area contributed by atoms with Crippen LogP contribution in [0.15, 0.2) is 18.2 Å². The molecule has 0 aliphatic heterocycles. The van der Waals surface area contributed by atoms with Crippen LogP contribution < -0.4 is 10.6 Å². The van der Waals surface area contributed by atoms with Crippen LogP contribution in [-0.4, -0.2) is 35.2 Å². The van der Waals surface area contributed by atoms with Gasteiger partial charge in [-0.2, -0.15) is 0 Å². The van der Waals surface area contributed by atoms with Crippen LogP contribution >= 0.6 is 0 Å². The lowest BCUT2D eigenvalue weighted by atomic mass is 10.1. The zero-order valence-corrected chi connectivity index (χ0v) is 13.0. The molecule has 0 fully saturated rings. The number of urea groups is 1. The van der Waals surface area contributed by atoms with E-state index in [1.54, 1.807) is 26.8 Å². The van der Waals surface area contributed by atoms with Crippen molar-refractivity contribution in [3.8, 4) is 5.75 Å². The molecular formula is C15H20N2O5. The third-order valence-electron chi connectivity index (χ3n) is 2.68. The molecule has 1 rings (SSSR count). The van der Waals surface area contributed by atoms with Gasteiger partial charge in [-0.25, -0.2) is 9.59 Å². The Morgan fingerprint density at radius 1 is 1.18 bits per heavy atom. The number of rotatable bonds is 4. The number of hydrogen-bond donors (Lipinski definition) is 3. The van der Waals surface area contributed by atoms with E-state index < -0.39 is 24.0 Å². The number of esters is 1. The van der Waals surface area contributed by atoms with E-state index in [2.05, 4.69) is 10.6 Å². The van der Waals surface area contributed by atoms with Gasteiger partial charge < -0.3 is 15.2 Å². The van der Waals surface area contributed by atoms with Crippen LogP contribution in [0.2, 0.25) is 0 Å². The molecule has 1 atom stereocenters. The molecule has 22 heavy (non-hydrogen) atoms. The van der Waals surface area contributed by atoms with Gasteiger partial charge in [-0.15, -0.1) is 0 Å². The van der Waals surface area contributed by atoms with Crippen LogP contribution in [-0.2, 0) is 9.53 Å². The largest absolute Gasteiger partial charge is 0.507 e. The highest BCUT2D eigenvalue weighted by molar-refractivity contribution is 5.99. The highest BCUT2D eigenvalue weighted by atomic mass is 16.5. The quantitative estimate of drug-likeness (QED) is 0.731. The summed E-state index contributed by atoms with van der Waals surface area (Å²) in [6.45, 7) is 6.58. The number of aryl methyl sites for hydroxylation is 1. The number of ether oxygens (including phenoxy) is 1. The van der Waals surface area contributed by atoms with Crippen LogP contribution in [0.5, 0.6) is 5.75 Å². The van der Waals surface area contributed by atoms with E-state index in [4.69, 9.17) is 4.74 Å². The van der Waals surface area contributed by atoms with E-state index in [0.717, 1.165) is 5.56 Å².